The van der Waals surface area contributed by atoms with Gasteiger partial charge in [0.2, 0.25) is 0 Å². The van der Waals surface area contributed by atoms with E-state index in [0.717, 1.165) is 29.8 Å². The summed E-state index contributed by atoms with van der Waals surface area (Å²) in [5.74, 6) is 0. The van der Waals surface area contributed by atoms with Crippen molar-refractivity contribution in [1.82, 2.24) is 15.1 Å². The Labute approximate surface area is 118 Å². The first-order valence-electron chi connectivity index (χ1n) is 6.71. The first-order chi connectivity index (χ1) is 9.20. The Hall–Kier alpha value is -1.32. The molecule has 1 saturated carbocycles. The van der Waals surface area contributed by atoms with Gasteiger partial charge in [-0.3, -0.25) is 4.68 Å². The molecule has 1 aromatic carbocycles. The Bertz CT molecular complexity index is 555. The van der Waals surface area contributed by atoms with Crippen LogP contribution in [0.15, 0.2) is 30.5 Å². The zero-order valence-corrected chi connectivity index (χ0v) is 11.8. The molecule has 3 nitrogen and oxygen atoms in total. The average molecular weight is 276 g/mol. The quantitative estimate of drug-likeness (QED) is 0.908. The largest absolute Gasteiger partial charge is 0.310 e. The van der Waals surface area contributed by atoms with Gasteiger partial charge in [-0.15, -0.1) is 0 Å². The minimum absolute atomic E-state index is 0.735. The van der Waals surface area contributed by atoms with Crippen LogP contribution in [0.2, 0.25) is 5.02 Å². The zero-order valence-electron chi connectivity index (χ0n) is 11.1. The van der Waals surface area contributed by atoms with Crippen molar-refractivity contribution < 1.29 is 0 Å². The third-order valence-corrected chi connectivity index (χ3v) is 3.72. The van der Waals surface area contributed by atoms with Crippen LogP contribution in [0, 0.1) is 6.92 Å². The maximum absolute atomic E-state index is 5.89. The summed E-state index contributed by atoms with van der Waals surface area (Å²) >= 11 is 5.89. The number of nitrogens with one attached hydrogen (secondary N) is 1. The highest BCUT2D eigenvalue weighted by Crippen LogP contribution is 2.20. The van der Waals surface area contributed by atoms with Crippen LogP contribution in [0.4, 0.5) is 0 Å². The normalized spacial score (nSPS) is 14.8. The summed E-state index contributed by atoms with van der Waals surface area (Å²) in [5.41, 5.74) is 3.62. The van der Waals surface area contributed by atoms with Gasteiger partial charge in [0, 0.05) is 29.4 Å². The molecule has 1 aliphatic carbocycles. The Morgan fingerprint density at radius 1 is 1.32 bits per heavy atom. The van der Waals surface area contributed by atoms with Crippen LogP contribution in [0.1, 0.15) is 29.7 Å². The minimum atomic E-state index is 0.735. The molecule has 0 saturated heterocycles. The second-order valence-corrected chi connectivity index (χ2v) is 5.66. The second kappa shape index (κ2) is 5.35. The lowest BCUT2D eigenvalue weighted by Gasteiger charge is -2.02. The molecular weight excluding hydrogens is 258 g/mol. The van der Waals surface area contributed by atoms with Gasteiger partial charge in [-0.2, -0.15) is 5.10 Å². The van der Waals surface area contributed by atoms with Crippen molar-refractivity contribution in [3.63, 3.8) is 0 Å². The Kier molecular flexibility index (Phi) is 3.58. The van der Waals surface area contributed by atoms with Crippen molar-refractivity contribution in [2.24, 2.45) is 0 Å². The fourth-order valence-corrected chi connectivity index (χ4v) is 2.26. The first-order valence-corrected chi connectivity index (χ1v) is 7.09. The summed E-state index contributed by atoms with van der Waals surface area (Å²) in [6.45, 7) is 3.79. The van der Waals surface area contributed by atoms with Crippen LogP contribution >= 0.6 is 11.6 Å². The number of rotatable bonds is 5. The molecule has 1 aliphatic rings. The lowest BCUT2D eigenvalue weighted by atomic mass is 10.2. The second-order valence-electron chi connectivity index (χ2n) is 5.22. The molecule has 1 aromatic heterocycles. The van der Waals surface area contributed by atoms with Gasteiger partial charge in [-0.25, -0.2) is 0 Å². The summed E-state index contributed by atoms with van der Waals surface area (Å²) in [5, 5.41) is 8.87. The lowest BCUT2D eigenvalue weighted by molar-refractivity contribution is 0.674. The fourth-order valence-electron chi connectivity index (χ4n) is 2.13. The van der Waals surface area contributed by atoms with E-state index in [9.17, 15) is 0 Å². The molecule has 3 rings (SSSR count). The number of aryl methyl sites for hydroxylation is 1. The highest BCUT2D eigenvalue weighted by Gasteiger charge is 2.20. The minimum Gasteiger partial charge on any atom is -0.310 e. The van der Waals surface area contributed by atoms with E-state index in [2.05, 4.69) is 23.5 Å². The maximum atomic E-state index is 5.89. The summed E-state index contributed by atoms with van der Waals surface area (Å²) < 4.78 is 2.00. The van der Waals surface area contributed by atoms with Crippen LogP contribution in [0.25, 0.3) is 0 Å². The average Bonchev–Trinajstić information content (AvgIpc) is 3.15. The third-order valence-electron chi connectivity index (χ3n) is 3.46. The van der Waals surface area contributed by atoms with Gasteiger partial charge in [-0.1, -0.05) is 23.7 Å². The number of hydrogen-bond acceptors (Lipinski definition) is 2. The predicted octanol–water partition coefficient (Wildman–Crippen LogP) is 3.15. The number of hydrogen-bond donors (Lipinski definition) is 1. The molecule has 0 amide bonds. The van der Waals surface area contributed by atoms with Crippen LogP contribution in [0.3, 0.4) is 0 Å². The summed E-state index contributed by atoms with van der Waals surface area (Å²) in [4.78, 5) is 0. The van der Waals surface area contributed by atoms with Crippen molar-refractivity contribution in [2.75, 3.05) is 0 Å². The molecule has 2 aromatic rings. The van der Waals surface area contributed by atoms with Crippen molar-refractivity contribution in [2.45, 2.75) is 38.9 Å². The molecule has 0 spiro atoms. The van der Waals surface area contributed by atoms with Gasteiger partial charge in [0.1, 0.15) is 0 Å². The summed E-state index contributed by atoms with van der Waals surface area (Å²) in [6.07, 6.45) is 4.77. The van der Waals surface area contributed by atoms with Gasteiger partial charge >= 0.3 is 0 Å². The highest BCUT2D eigenvalue weighted by atomic mass is 35.5. The van der Waals surface area contributed by atoms with Crippen LogP contribution < -0.4 is 5.32 Å². The maximum Gasteiger partial charge on any atom is 0.0659 e. The third kappa shape index (κ3) is 3.37. The standard InChI is InChI=1S/C15H18ClN3/c1-11-13(8-17-15-6-7-15)10-19(18-11)9-12-2-4-14(16)5-3-12/h2-5,10,15,17H,6-9H2,1H3. The van der Waals surface area contributed by atoms with E-state index in [-0.39, 0.29) is 0 Å². The van der Waals surface area contributed by atoms with Crippen molar-refractivity contribution >= 4 is 11.6 Å². The van der Waals surface area contributed by atoms with Gasteiger partial charge in [0.05, 0.1) is 12.2 Å². The molecule has 4 heteroatoms. The van der Waals surface area contributed by atoms with Gasteiger partial charge in [-0.05, 0) is 37.5 Å². The smallest absolute Gasteiger partial charge is 0.0659 e. The van der Waals surface area contributed by atoms with E-state index >= 15 is 0 Å². The van der Waals surface area contributed by atoms with Gasteiger partial charge in [0.25, 0.3) is 0 Å². The first kappa shape index (κ1) is 12.7. The van der Waals surface area contributed by atoms with Crippen molar-refractivity contribution in [3.8, 4) is 0 Å². The number of nitrogens with zero attached hydrogens (tertiary/aromatic N) is 2. The topological polar surface area (TPSA) is 29.9 Å². The molecule has 1 N–H and O–H groups in total. The summed E-state index contributed by atoms with van der Waals surface area (Å²) in [6, 6.07) is 8.66. The number of benzene rings is 1. The predicted molar refractivity (Wildman–Crippen MR) is 77.4 cm³/mol. The van der Waals surface area contributed by atoms with Crippen molar-refractivity contribution in [3.05, 3.63) is 52.3 Å². The molecule has 1 heterocycles. The van der Waals surface area contributed by atoms with E-state index < -0.39 is 0 Å². The molecule has 19 heavy (non-hydrogen) atoms. The van der Waals surface area contributed by atoms with E-state index in [4.69, 9.17) is 11.6 Å². The molecule has 0 unspecified atom stereocenters. The van der Waals surface area contributed by atoms with E-state index in [1.807, 2.05) is 28.9 Å². The molecule has 1 fully saturated rings. The molecule has 0 radical (unpaired) electrons. The van der Waals surface area contributed by atoms with Crippen LogP contribution in [-0.4, -0.2) is 15.8 Å². The van der Waals surface area contributed by atoms with Crippen LogP contribution in [0.5, 0.6) is 0 Å². The Balaban J connectivity index is 1.66. The zero-order chi connectivity index (χ0) is 13.2. The van der Waals surface area contributed by atoms with Crippen molar-refractivity contribution in [1.29, 1.82) is 0 Å². The Morgan fingerprint density at radius 3 is 2.74 bits per heavy atom. The monoisotopic (exact) mass is 275 g/mol. The lowest BCUT2D eigenvalue weighted by Crippen LogP contribution is -2.15. The van der Waals surface area contributed by atoms with E-state index in [0.29, 0.717) is 0 Å². The molecule has 0 atom stereocenters. The number of halogens is 1. The van der Waals surface area contributed by atoms with Gasteiger partial charge in [0.15, 0.2) is 0 Å². The summed E-state index contributed by atoms with van der Waals surface area (Å²) in [7, 11) is 0. The highest BCUT2D eigenvalue weighted by molar-refractivity contribution is 6.30. The molecule has 100 valence electrons. The SMILES string of the molecule is Cc1nn(Cc2ccc(Cl)cc2)cc1CNC1CC1. The molecule has 0 bridgehead atoms. The van der Waals surface area contributed by atoms with E-state index in [1.54, 1.807) is 0 Å². The Morgan fingerprint density at radius 2 is 2.05 bits per heavy atom. The number of aromatic nitrogens is 2. The molecule has 0 aliphatic heterocycles. The van der Waals surface area contributed by atoms with Crippen LogP contribution in [-0.2, 0) is 13.1 Å². The fraction of sp³-hybridized carbons (Fsp3) is 0.400. The molecular formula is C15H18ClN3. The van der Waals surface area contributed by atoms with Gasteiger partial charge < -0.3 is 5.32 Å². The van der Waals surface area contributed by atoms with E-state index in [1.165, 1.54) is 24.0 Å².